The molecule has 0 spiro atoms. The van der Waals surface area contributed by atoms with E-state index < -0.39 is 76.5 Å². The Morgan fingerprint density at radius 3 is 1.95 bits per heavy atom. The summed E-state index contributed by atoms with van der Waals surface area (Å²) in [5.74, 6) is -1.70. The highest BCUT2D eigenvalue weighted by Gasteiger charge is 2.39. The summed E-state index contributed by atoms with van der Waals surface area (Å²) in [5.41, 5.74) is 0. The van der Waals surface area contributed by atoms with E-state index in [4.69, 9.17) is 19.1 Å². The Morgan fingerprint density at radius 2 is 1.31 bits per heavy atom. The molecule has 0 aromatic heterocycles. The molecule has 1 saturated carbocycles. The number of ketones is 1. The molecular formula is C44H79O13P. The van der Waals surface area contributed by atoms with Gasteiger partial charge in [-0.15, -0.1) is 0 Å². The summed E-state index contributed by atoms with van der Waals surface area (Å²) in [7, 11) is -4.68. The molecule has 1 unspecified atom stereocenters. The summed E-state index contributed by atoms with van der Waals surface area (Å²) in [6.07, 6.45) is 26.2. The average Bonchev–Trinajstić information content (AvgIpc) is 3.47. The number of aliphatic hydroxyl groups is 4. The molecule has 0 radical (unpaired) electrons. The van der Waals surface area contributed by atoms with Crippen LogP contribution < -0.4 is 0 Å². The molecule has 0 saturated heterocycles. The normalized spacial score (nSPS) is 19.8. The molecule has 338 valence electrons. The molecule has 58 heavy (non-hydrogen) atoms. The van der Waals surface area contributed by atoms with Crippen molar-refractivity contribution in [2.75, 3.05) is 26.4 Å². The van der Waals surface area contributed by atoms with E-state index in [1.807, 2.05) is 0 Å². The number of ether oxygens (including phenoxy) is 2. The zero-order valence-corrected chi connectivity index (χ0v) is 36.6. The number of esters is 2. The lowest BCUT2D eigenvalue weighted by Gasteiger charge is -2.20. The van der Waals surface area contributed by atoms with E-state index >= 15 is 0 Å². The molecule has 1 rings (SSSR count). The Morgan fingerprint density at radius 1 is 0.759 bits per heavy atom. The minimum Gasteiger partial charge on any atom is -0.462 e. The lowest BCUT2D eigenvalue weighted by molar-refractivity contribution is -0.161. The lowest BCUT2D eigenvalue weighted by atomic mass is 9.88. The third-order valence-corrected chi connectivity index (χ3v) is 11.4. The van der Waals surface area contributed by atoms with Crippen molar-refractivity contribution in [1.29, 1.82) is 0 Å². The van der Waals surface area contributed by atoms with Crippen LogP contribution in [0, 0.1) is 11.8 Å². The van der Waals surface area contributed by atoms with E-state index in [-0.39, 0.29) is 31.0 Å². The fourth-order valence-corrected chi connectivity index (χ4v) is 7.74. The maximum Gasteiger partial charge on any atom is 0.472 e. The van der Waals surface area contributed by atoms with Gasteiger partial charge in [0.15, 0.2) is 6.10 Å². The minimum absolute atomic E-state index is 0.00970. The van der Waals surface area contributed by atoms with Crippen molar-refractivity contribution in [3.63, 3.8) is 0 Å². The Balaban J connectivity index is 2.44. The summed E-state index contributed by atoms with van der Waals surface area (Å²) in [4.78, 5) is 47.7. The largest absolute Gasteiger partial charge is 0.472 e. The summed E-state index contributed by atoms with van der Waals surface area (Å²) < 4.78 is 32.7. The quantitative estimate of drug-likeness (QED) is 0.0172. The third-order valence-electron chi connectivity index (χ3n) is 10.5. The predicted octanol–water partition coefficient (Wildman–Crippen LogP) is 8.37. The van der Waals surface area contributed by atoms with Crippen molar-refractivity contribution in [3.05, 3.63) is 24.3 Å². The number of rotatable bonds is 38. The molecule has 1 aliphatic rings. The zero-order valence-electron chi connectivity index (χ0n) is 35.7. The first-order valence-electron chi connectivity index (χ1n) is 22.4. The highest BCUT2D eigenvalue weighted by Crippen LogP contribution is 2.43. The molecule has 5 N–H and O–H groups in total. The summed E-state index contributed by atoms with van der Waals surface area (Å²) in [5, 5.41) is 39.1. The molecule has 13 nitrogen and oxygen atoms in total. The number of aliphatic hydroxyl groups excluding tert-OH is 4. The van der Waals surface area contributed by atoms with Crippen LogP contribution in [0.1, 0.15) is 174 Å². The van der Waals surface area contributed by atoms with Gasteiger partial charge in [0.1, 0.15) is 18.5 Å². The van der Waals surface area contributed by atoms with Gasteiger partial charge in [0.05, 0.1) is 32.0 Å². The maximum absolute atomic E-state index is 12.7. The first kappa shape index (κ1) is 54.1. The molecule has 7 atom stereocenters. The average molecular weight is 847 g/mol. The maximum atomic E-state index is 12.7. The fourth-order valence-electron chi connectivity index (χ4n) is 6.95. The van der Waals surface area contributed by atoms with Crippen molar-refractivity contribution < 1.29 is 62.8 Å². The minimum atomic E-state index is -4.68. The van der Waals surface area contributed by atoms with Gasteiger partial charge in [0, 0.05) is 25.2 Å². The Hall–Kier alpha value is -1.96. The van der Waals surface area contributed by atoms with Gasteiger partial charge < -0.3 is 34.8 Å². The number of allylic oxidation sites excluding steroid dienone is 3. The second kappa shape index (κ2) is 34.7. The number of hydrogen-bond donors (Lipinski definition) is 5. The number of unbranched alkanes of at least 4 members (excludes halogenated alkanes) is 16. The van der Waals surface area contributed by atoms with Crippen LogP contribution in [0.15, 0.2) is 24.3 Å². The van der Waals surface area contributed by atoms with Gasteiger partial charge in [-0.3, -0.25) is 23.4 Å². The second-order valence-electron chi connectivity index (χ2n) is 15.9. The second-order valence-corrected chi connectivity index (χ2v) is 17.3. The molecule has 1 fully saturated rings. The molecule has 0 aliphatic heterocycles. The Bertz CT molecular complexity index is 1180. The molecular weight excluding hydrogens is 767 g/mol. The van der Waals surface area contributed by atoms with E-state index in [1.165, 1.54) is 38.5 Å². The molecule has 1 aliphatic carbocycles. The van der Waals surface area contributed by atoms with Crippen LogP contribution in [0.4, 0.5) is 0 Å². The highest BCUT2D eigenvalue weighted by molar-refractivity contribution is 7.47. The number of phosphoric acid groups is 1. The van der Waals surface area contributed by atoms with Crippen LogP contribution in [0.25, 0.3) is 0 Å². The van der Waals surface area contributed by atoms with E-state index in [0.29, 0.717) is 32.1 Å². The van der Waals surface area contributed by atoms with Crippen LogP contribution >= 0.6 is 7.82 Å². The van der Waals surface area contributed by atoms with Gasteiger partial charge in [-0.1, -0.05) is 128 Å². The Labute approximate surface area is 349 Å². The summed E-state index contributed by atoms with van der Waals surface area (Å²) in [6, 6.07) is 0. The number of phosphoric ester groups is 1. The number of hydrogen-bond acceptors (Lipinski definition) is 12. The van der Waals surface area contributed by atoms with Crippen molar-refractivity contribution >= 4 is 25.5 Å². The molecule has 14 heteroatoms. The summed E-state index contributed by atoms with van der Waals surface area (Å²) >= 11 is 0. The van der Waals surface area contributed by atoms with Gasteiger partial charge in [-0.2, -0.15) is 0 Å². The van der Waals surface area contributed by atoms with Crippen LogP contribution in [0.5, 0.6) is 0 Å². The van der Waals surface area contributed by atoms with E-state index in [0.717, 1.165) is 70.6 Å². The Kier molecular flexibility index (Phi) is 32.4. The smallest absolute Gasteiger partial charge is 0.462 e. The van der Waals surface area contributed by atoms with Crippen LogP contribution in [-0.4, -0.2) is 93.9 Å². The molecule has 0 heterocycles. The van der Waals surface area contributed by atoms with Crippen molar-refractivity contribution in [2.45, 2.75) is 199 Å². The first-order chi connectivity index (χ1) is 27.9. The zero-order chi connectivity index (χ0) is 42.9. The number of Topliss-reactive ketones (excluding diaryl/α,β-unsaturated/α-hetero) is 1. The van der Waals surface area contributed by atoms with Gasteiger partial charge in [-0.05, 0) is 57.3 Å². The summed E-state index contributed by atoms with van der Waals surface area (Å²) in [6.45, 7) is 2.00. The topological polar surface area (TPSA) is 206 Å². The fraction of sp³-hybridized carbons (Fsp3) is 0.841. The van der Waals surface area contributed by atoms with Gasteiger partial charge in [0.2, 0.25) is 0 Å². The molecule has 0 bridgehead atoms. The molecule has 0 aromatic carbocycles. The van der Waals surface area contributed by atoms with Gasteiger partial charge in [-0.25, -0.2) is 4.57 Å². The van der Waals surface area contributed by atoms with Crippen LogP contribution in [0.3, 0.4) is 0 Å². The predicted molar refractivity (Wildman–Crippen MR) is 225 cm³/mol. The van der Waals surface area contributed by atoms with Crippen LogP contribution in [-0.2, 0) is 37.5 Å². The number of carbonyl (C=O) groups is 3. The third kappa shape index (κ3) is 28.5. The monoisotopic (exact) mass is 847 g/mol. The van der Waals surface area contributed by atoms with E-state index in [2.05, 4.69) is 30.5 Å². The van der Waals surface area contributed by atoms with Gasteiger partial charge >= 0.3 is 19.8 Å². The SMILES string of the molecule is CCCCCCCC/C=C\CCCCCCCC(=O)O[C@H](COC(=O)CCCCCC[C@H]1[C@@H](O)CC(=O)[C@@H]1/C=C/[C@@H](O)CCCCC)COP(=O)(O)OC[C@@H](O)CO. The number of carbonyl (C=O) groups excluding carboxylic acids is 3. The highest BCUT2D eigenvalue weighted by atomic mass is 31.2. The van der Waals surface area contributed by atoms with Crippen LogP contribution in [0.2, 0.25) is 0 Å². The lowest BCUT2D eigenvalue weighted by Crippen LogP contribution is -2.29. The standard InChI is InChI=1S/C44H79O13P/c1-3-5-7-8-9-10-11-12-13-14-15-16-17-18-24-28-44(51)57-38(35-56-58(52,53)55-33-37(47)32-45)34-54-43(50)27-23-20-19-22-26-39-40(42(49)31-41(39)48)30-29-36(46)25-21-6-4-2/h12-13,29-30,36-41,45-48H,3-11,14-28,31-35H2,1-2H3,(H,52,53)/b13-12-,30-29+/t36-,37-,38+,39+,40+,41-/m0/s1. The van der Waals surface area contributed by atoms with Crippen molar-refractivity contribution in [2.24, 2.45) is 11.8 Å². The molecule has 0 aromatic rings. The van der Waals surface area contributed by atoms with E-state index in [1.54, 1.807) is 12.2 Å². The van der Waals surface area contributed by atoms with E-state index in [9.17, 15) is 39.2 Å². The first-order valence-corrected chi connectivity index (χ1v) is 23.9. The van der Waals surface area contributed by atoms with Crippen molar-refractivity contribution in [1.82, 2.24) is 0 Å². The van der Waals surface area contributed by atoms with Crippen molar-refractivity contribution in [3.8, 4) is 0 Å². The molecule has 0 amide bonds. The van der Waals surface area contributed by atoms with Gasteiger partial charge in [0.25, 0.3) is 0 Å².